The van der Waals surface area contributed by atoms with E-state index in [1.165, 1.54) is 0 Å². The van der Waals surface area contributed by atoms with Crippen LogP contribution in [0.3, 0.4) is 0 Å². The Morgan fingerprint density at radius 2 is 2.18 bits per heavy atom. The number of aldehydes is 1. The van der Waals surface area contributed by atoms with Crippen LogP contribution in [-0.2, 0) is 14.3 Å². The molecule has 1 atom stereocenters. The number of carbonyl (C=O) groups is 1. The fraction of sp³-hybridized carbons (Fsp3) is 0.875. The van der Waals surface area contributed by atoms with Crippen LogP contribution in [-0.4, -0.2) is 31.7 Å². The van der Waals surface area contributed by atoms with Crippen LogP contribution in [0.15, 0.2) is 0 Å². The number of carbonyl (C=O) groups excluding carboxylic acids is 1. The molecule has 0 amide bonds. The fourth-order valence-electron chi connectivity index (χ4n) is 1.15. The van der Waals surface area contributed by atoms with Gasteiger partial charge in [-0.05, 0) is 19.8 Å². The summed E-state index contributed by atoms with van der Waals surface area (Å²) < 4.78 is 10.5. The summed E-state index contributed by atoms with van der Waals surface area (Å²) in [4.78, 5) is 10.2. The van der Waals surface area contributed by atoms with Gasteiger partial charge in [-0.15, -0.1) is 0 Å². The molecule has 0 aromatic heterocycles. The third kappa shape index (κ3) is 2.99. The van der Waals surface area contributed by atoms with Crippen molar-refractivity contribution in [2.45, 2.75) is 32.0 Å². The maximum absolute atomic E-state index is 10.2. The summed E-state index contributed by atoms with van der Waals surface area (Å²) in [6, 6.07) is 0. The molecule has 1 heterocycles. The van der Waals surface area contributed by atoms with E-state index in [9.17, 15) is 4.79 Å². The van der Waals surface area contributed by atoms with E-state index >= 15 is 0 Å². The Bertz CT molecular complexity index is 119. The van der Waals surface area contributed by atoms with Crippen LogP contribution < -0.4 is 0 Å². The minimum Gasteiger partial charge on any atom is -0.381 e. The predicted octanol–water partition coefficient (Wildman–Crippen LogP) is 0.769. The lowest BCUT2D eigenvalue weighted by molar-refractivity contribution is -0.124. The summed E-state index contributed by atoms with van der Waals surface area (Å²) in [7, 11) is 0. The van der Waals surface area contributed by atoms with Crippen molar-refractivity contribution in [3.8, 4) is 0 Å². The van der Waals surface area contributed by atoms with Gasteiger partial charge in [0, 0.05) is 13.2 Å². The second-order valence-corrected chi connectivity index (χ2v) is 2.79. The first-order valence-electron chi connectivity index (χ1n) is 4.01. The molecule has 0 saturated carbocycles. The average molecular weight is 158 g/mol. The van der Waals surface area contributed by atoms with Gasteiger partial charge < -0.3 is 14.3 Å². The molecule has 64 valence electrons. The second-order valence-electron chi connectivity index (χ2n) is 2.79. The van der Waals surface area contributed by atoms with Crippen LogP contribution in [0.25, 0.3) is 0 Å². The van der Waals surface area contributed by atoms with Crippen molar-refractivity contribution in [1.29, 1.82) is 0 Å². The topological polar surface area (TPSA) is 35.5 Å². The third-order valence-corrected chi connectivity index (χ3v) is 1.77. The van der Waals surface area contributed by atoms with Gasteiger partial charge in [0.15, 0.2) is 0 Å². The highest BCUT2D eigenvalue weighted by atomic mass is 16.5. The zero-order valence-electron chi connectivity index (χ0n) is 6.79. The van der Waals surface area contributed by atoms with Crippen LogP contribution >= 0.6 is 0 Å². The van der Waals surface area contributed by atoms with Gasteiger partial charge >= 0.3 is 0 Å². The summed E-state index contributed by atoms with van der Waals surface area (Å²) >= 11 is 0. The molecule has 1 unspecified atom stereocenters. The van der Waals surface area contributed by atoms with Crippen molar-refractivity contribution in [2.24, 2.45) is 0 Å². The number of hydrogen-bond acceptors (Lipinski definition) is 3. The molecule has 1 rings (SSSR count). The summed E-state index contributed by atoms with van der Waals surface area (Å²) in [5.41, 5.74) is 0. The Hall–Kier alpha value is -0.410. The highest BCUT2D eigenvalue weighted by molar-refractivity contribution is 5.55. The number of hydrogen-bond donors (Lipinski definition) is 0. The van der Waals surface area contributed by atoms with Gasteiger partial charge in [0.2, 0.25) is 0 Å². The highest BCUT2D eigenvalue weighted by Gasteiger charge is 2.16. The van der Waals surface area contributed by atoms with E-state index < -0.39 is 0 Å². The quantitative estimate of drug-likeness (QED) is 0.569. The SMILES string of the molecule is CC(C=O)OC1CCOCC1. The molecule has 3 heteroatoms. The molecule has 1 fully saturated rings. The first-order chi connectivity index (χ1) is 5.33. The summed E-state index contributed by atoms with van der Waals surface area (Å²) in [6.45, 7) is 3.29. The molecule has 0 spiro atoms. The molecule has 1 saturated heterocycles. The molecular formula is C8H14O3. The van der Waals surface area contributed by atoms with Crippen LogP contribution in [0.5, 0.6) is 0 Å². The van der Waals surface area contributed by atoms with Gasteiger partial charge in [0.05, 0.1) is 6.10 Å². The molecule has 11 heavy (non-hydrogen) atoms. The molecule has 0 N–H and O–H groups in total. The lowest BCUT2D eigenvalue weighted by Crippen LogP contribution is -2.27. The molecule has 0 aliphatic carbocycles. The number of rotatable bonds is 3. The molecule has 0 bridgehead atoms. The summed E-state index contributed by atoms with van der Waals surface area (Å²) in [5.74, 6) is 0. The van der Waals surface area contributed by atoms with Gasteiger partial charge in [0.25, 0.3) is 0 Å². The molecular weight excluding hydrogens is 144 g/mol. The Morgan fingerprint density at radius 1 is 1.55 bits per heavy atom. The van der Waals surface area contributed by atoms with E-state index in [0.717, 1.165) is 32.3 Å². The van der Waals surface area contributed by atoms with E-state index in [4.69, 9.17) is 9.47 Å². The van der Waals surface area contributed by atoms with Gasteiger partial charge in [-0.2, -0.15) is 0 Å². The van der Waals surface area contributed by atoms with Crippen molar-refractivity contribution < 1.29 is 14.3 Å². The lowest BCUT2D eigenvalue weighted by Gasteiger charge is -2.23. The van der Waals surface area contributed by atoms with Crippen molar-refractivity contribution >= 4 is 6.29 Å². The van der Waals surface area contributed by atoms with Crippen molar-refractivity contribution in [1.82, 2.24) is 0 Å². The number of ether oxygens (including phenoxy) is 2. The van der Waals surface area contributed by atoms with E-state index in [0.29, 0.717) is 0 Å². The first kappa shape index (κ1) is 8.68. The van der Waals surface area contributed by atoms with Gasteiger partial charge in [-0.1, -0.05) is 0 Å². The minimum absolute atomic E-state index is 0.226. The van der Waals surface area contributed by atoms with Crippen molar-refractivity contribution in [3.63, 3.8) is 0 Å². The second kappa shape index (κ2) is 4.46. The first-order valence-corrected chi connectivity index (χ1v) is 4.01. The zero-order valence-corrected chi connectivity index (χ0v) is 6.79. The predicted molar refractivity (Wildman–Crippen MR) is 40.5 cm³/mol. The summed E-state index contributed by atoms with van der Waals surface area (Å²) in [5, 5.41) is 0. The van der Waals surface area contributed by atoms with Crippen LogP contribution in [0, 0.1) is 0 Å². The maximum Gasteiger partial charge on any atom is 0.148 e. The Labute approximate surface area is 66.7 Å². The molecule has 0 radical (unpaired) electrons. The molecule has 1 aliphatic heterocycles. The van der Waals surface area contributed by atoms with E-state index in [1.54, 1.807) is 6.92 Å². The van der Waals surface area contributed by atoms with Gasteiger partial charge in [-0.25, -0.2) is 0 Å². The van der Waals surface area contributed by atoms with Crippen molar-refractivity contribution in [3.05, 3.63) is 0 Å². The lowest BCUT2D eigenvalue weighted by atomic mass is 10.1. The molecule has 0 aromatic carbocycles. The van der Waals surface area contributed by atoms with E-state index in [-0.39, 0.29) is 12.2 Å². The van der Waals surface area contributed by atoms with Crippen LogP contribution in [0.4, 0.5) is 0 Å². The fourth-order valence-corrected chi connectivity index (χ4v) is 1.15. The normalized spacial score (nSPS) is 23.0. The molecule has 0 aromatic rings. The smallest absolute Gasteiger partial charge is 0.148 e. The molecule has 3 nitrogen and oxygen atoms in total. The average Bonchev–Trinajstić information content (AvgIpc) is 2.06. The van der Waals surface area contributed by atoms with Gasteiger partial charge in [0.1, 0.15) is 12.4 Å². The Balaban J connectivity index is 2.18. The van der Waals surface area contributed by atoms with Crippen LogP contribution in [0.1, 0.15) is 19.8 Å². The largest absolute Gasteiger partial charge is 0.381 e. The minimum atomic E-state index is -0.266. The Kier molecular flexibility index (Phi) is 3.52. The van der Waals surface area contributed by atoms with Gasteiger partial charge in [-0.3, -0.25) is 0 Å². The van der Waals surface area contributed by atoms with Crippen molar-refractivity contribution in [2.75, 3.05) is 13.2 Å². The monoisotopic (exact) mass is 158 g/mol. The maximum atomic E-state index is 10.2. The third-order valence-electron chi connectivity index (χ3n) is 1.77. The standard InChI is InChI=1S/C8H14O3/c1-7(6-9)11-8-2-4-10-5-3-8/h6-8H,2-5H2,1H3. The van der Waals surface area contributed by atoms with E-state index in [2.05, 4.69) is 0 Å². The Morgan fingerprint density at radius 3 is 2.73 bits per heavy atom. The van der Waals surface area contributed by atoms with E-state index in [1.807, 2.05) is 0 Å². The van der Waals surface area contributed by atoms with Crippen LogP contribution in [0.2, 0.25) is 0 Å². The summed E-state index contributed by atoms with van der Waals surface area (Å²) in [6.07, 6.45) is 2.62. The zero-order chi connectivity index (χ0) is 8.10. The highest BCUT2D eigenvalue weighted by Crippen LogP contribution is 2.11. The molecule has 1 aliphatic rings.